The van der Waals surface area contributed by atoms with Crippen molar-refractivity contribution in [2.24, 2.45) is 0 Å². The van der Waals surface area contributed by atoms with Gasteiger partial charge in [-0.2, -0.15) is 0 Å². The van der Waals surface area contributed by atoms with E-state index in [0.717, 1.165) is 12.5 Å². The maximum Gasteiger partial charge on any atom is 0.137 e. The maximum atomic E-state index is 4.89. The van der Waals surface area contributed by atoms with Crippen LogP contribution in [0.15, 0.2) is 109 Å². The molecule has 0 saturated heterocycles. The molecule has 0 aliphatic carbocycles. The summed E-state index contributed by atoms with van der Waals surface area (Å²) in [5.41, 5.74) is 7.56. The monoisotopic (exact) mass is 566 g/mol. The Morgan fingerprint density at radius 1 is 0.690 bits per heavy atom. The molecule has 0 unspecified atom stereocenters. The summed E-state index contributed by atoms with van der Waals surface area (Å²) in [6, 6.07) is 38.2. The van der Waals surface area contributed by atoms with Crippen molar-refractivity contribution in [2.75, 3.05) is 23.5 Å². The standard InChI is InChI=1S/C37H38N4Si/c1-37(2,3)26-20-21-38-36(22-26)41-32-15-8-7-14-30(32)31-19-18-29(24-35(31)41)42(5,6)28-13-11-12-27(23-28)40-25-39(4)33-16-9-10-17-34(33)40/h7-24H,25H2,1-6H3. The highest BCUT2D eigenvalue weighted by atomic mass is 28.3. The normalized spacial score (nSPS) is 13.8. The molecule has 0 N–H and O–H groups in total. The molecule has 0 fully saturated rings. The van der Waals surface area contributed by atoms with E-state index in [1.54, 1.807) is 0 Å². The summed E-state index contributed by atoms with van der Waals surface area (Å²) in [5.74, 6) is 0.976. The first-order valence-electron chi connectivity index (χ1n) is 14.8. The van der Waals surface area contributed by atoms with Crippen LogP contribution in [0.25, 0.3) is 27.6 Å². The quantitative estimate of drug-likeness (QED) is 0.203. The third-order valence-corrected chi connectivity index (χ3v) is 12.6. The molecule has 4 aromatic carbocycles. The molecule has 0 atom stereocenters. The molecule has 3 heterocycles. The van der Waals surface area contributed by atoms with Crippen LogP contribution in [0, 0.1) is 0 Å². The van der Waals surface area contributed by atoms with Gasteiger partial charge in [-0.15, -0.1) is 0 Å². The molecule has 7 rings (SSSR count). The first-order chi connectivity index (χ1) is 20.1. The van der Waals surface area contributed by atoms with E-state index in [1.807, 2.05) is 6.20 Å². The molecule has 0 amide bonds. The largest absolute Gasteiger partial charge is 0.355 e. The van der Waals surface area contributed by atoms with Gasteiger partial charge in [0.15, 0.2) is 0 Å². The SMILES string of the molecule is CN1CN(c2cccc([Si](C)(C)c3ccc4c5ccccc5n(-c5cc(C(C)(C)C)ccn5)c4c3)c2)c2ccccc21. The molecule has 210 valence electrons. The van der Waals surface area contributed by atoms with E-state index >= 15 is 0 Å². The number of hydrogen-bond donors (Lipinski definition) is 0. The molecule has 42 heavy (non-hydrogen) atoms. The van der Waals surface area contributed by atoms with E-state index < -0.39 is 8.07 Å². The summed E-state index contributed by atoms with van der Waals surface area (Å²) in [4.78, 5) is 9.64. The molecule has 0 radical (unpaired) electrons. The summed E-state index contributed by atoms with van der Waals surface area (Å²) in [6.07, 6.45) is 1.96. The summed E-state index contributed by atoms with van der Waals surface area (Å²) in [5, 5.41) is 5.39. The van der Waals surface area contributed by atoms with Crippen molar-refractivity contribution in [2.45, 2.75) is 39.3 Å². The van der Waals surface area contributed by atoms with Gasteiger partial charge >= 0.3 is 0 Å². The van der Waals surface area contributed by atoms with Crippen LogP contribution >= 0.6 is 0 Å². The van der Waals surface area contributed by atoms with Gasteiger partial charge in [-0.3, -0.25) is 4.57 Å². The van der Waals surface area contributed by atoms with Crippen LogP contribution < -0.4 is 20.2 Å². The Kier molecular flexibility index (Phi) is 6.07. The number of nitrogens with zero attached hydrogens (tertiary/aromatic N) is 4. The molecular formula is C37H38N4Si. The van der Waals surface area contributed by atoms with Crippen molar-refractivity contribution in [1.29, 1.82) is 0 Å². The topological polar surface area (TPSA) is 24.3 Å². The van der Waals surface area contributed by atoms with Crippen molar-refractivity contribution < 1.29 is 0 Å². The van der Waals surface area contributed by atoms with Gasteiger partial charge in [0.05, 0.1) is 29.1 Å². The zero-order valence-electron chi connectivity index (χ0n) is 25.4. The fraction of sp³-hybridized carbons (Fsp3) is 0.216. The van der Waals surface area contributed by atoms with Gasteiger partial charge < -0.3 is 9.80 Å². The second kappa shape index (κ2) is 9.60. The average Bonchev–Trinajstić information content (AvgIpc) is 3.51. The van der Waals surface area contributed by atoms with Crippen LogP contribution in [0.3, 0.4) is 0 Å². The van der Waals surface area contributed by atoms with Crippen molar-refractivity contribution >= 4 is 57.3 Å². The zero-order chi connectivity index (χ0) is 29.2. The number of anilines is 3. The van der Waals surface area contributed by atoms with E-state index in [0.29, 0.717) is 0 Å². The van der Waals surface area contributed by atoms with Crippen molar-refractivity contribution in [3.8, 4) is 5.82 Å². The number of benzene rings is 4. The minimum absolute atomic E-state index is 0.0478. The Morgan fingerprint density at radius 2 is 1.40 bits per heavy atom. The summed E-state index contributed by atoms with van der Waals surface area (Å²) in [6.45, 7) is 12.6. The van der Waals surface area contributed by atoms with Crippen LogP contribution in [0.4, 0.5) is 17.1 Å². The molecule has 1 aliphatic heterocycles. The highest BCUT2D eigenvalue weighted by Gasteiger charge is 2.30. The van der Waals surface area contributed by atoms with Crippen LogP contribution in [-0.4, -0.2) is 31.3 Å². The van der Waals surface area contributed by atoms with Gasteiger partial charge in [-0.25, -0.2) is 4.98 Å². The molecule has 5 heteroatoms. The minimum atomic E-state index is -2.05. The lowest BCUT2D eigenvalue weighted by molar-refractivity contribution is 0.588. The average molecular weight is 567 g/mol. The lowest BCUT2D eigenvalue weighted by Crippen LogP contribution is -2.53. The fourth-order valence-corrected chi connectivity index (χ4v) is 8.80. The Morgan fingerprint density at radius 3 is 2.21 bits per heavy atom. The fourth-order valence-electron chi connectivity index (χ4n) is 6.44. The molecule has 1 aliphatic rings. The predicted octanol–water partition coefficient (Wildman–Crippen LogP) is 7.84. The number of para-hydroxylation sites is 3. The van der Waals surface area contributed by atoms with Gasteiger partial charge in [0.2, 0.25) is 0 Å². The van der Waals surface area contributed by atoms with Gasteiger partial charge in [-0.1, -0.05) is 98.8 Å². The van der Waals surface area contributed by atoms with Crippen LogP contribution in [0.5, 0.6) is 0 Å². The van der Waals surface area contributed by atoms with E-state index in [4.69, 9.17) is 4.98 Å². The van der Waals surface area contributed by atoms with Gasteiger partial charge in [0.1, 0.15) is 13.9 Å². The van der Waals surface area contributed by atoms with Crippen molar-refractivity contribution in [3.63, 3.8) is 0 Å². The number of aromatic nitrogens is 2. The van der Waals surface area contributed by atoms with Crippen LogP contribution in [-0.2, 0) is 5.41 Å². The second-order valence-electron chi connectivity index (χ2n) is 13.2. The van der Waals surface area contributed by atoms with E-state index in [1.165, 1.54) is 54.8 Å². The number of pyridine rings is 1. The van der Waals surface area contributed by atoms with Crippen LogP contribution in [0.2, 0.25) is 13.1 Å². The summed E-state index contributed by atoms with van der Waals surface area (Å²) in [7, 11) is 0.117. The maximum absolute atomic E-state index is 4.89. The third-order valence-electron chi connectivity index (χ3n) is 9.05. The number of hydrogen-bond acceptors (Lipinski definition) is 3. The lowest BCUT2D eigenvalue weighted by atomic mass is 9.88. The van der Waals surface area contributed by atoms with Gasteiger partial charge in [-0.05, 0) is 59.5 Å². The van der Waals surface area contributed by atoms with Crippen molar-refractivity contribution in [3.05, 3.63) is 115 Å². The van der Waals surface area contributed by atoms with Gasteiger partial charge in [0, 0.05) is 29.7 Å². The highest BCUT2D eigenvalue weighted by Crippen LogP contribution is 2.39. The first kappa shape index (κ1) is 26.5. The Bertz CT molecular complexity index is 1960. The van der Waals surface area contributed by atoms with E-state index in [-0.39, 0.29) is 5.41 Å². The Labute approximate surface area is 249 Å². The molecule has 0 bridgehead atoms. The minimum Gasteiger partial charge on any atom is -0.355 e. The summed E-state index contributed by atoms with van der Waals surface area (Å²) < 4.78 is 2.36. The highest BCUT2D eigenvalue weighted by molar-refractivity contribution is 7.00. The first-order valence-corrected chi connectivity index (χ1v) is 17.8. The van der Waals surface area contributed by atoms with Gasteiger partial charge in [0.25, 0.3) is 0 Å². The molecule has 0 saturated carbocycles. The van der Waals surface area contributed by atoms with E-state index in [9.17, 15) is 0 Å². The number of fused-ring (bicyclic) bond motifs is 4. The predicted molar refractivity (Wildman–Crippen MR) is 182 cm³/mol. The zero-order valence-corrected chi connectivity index (χ0v) is 26.4. The van der Waals surface area contributed by atoms with Crippen molar-refractivity contribution in [1.82, 2.24) is 9.55 Å². The lowest BCUT2D eigenvalue weighted by Gasteiger charge is -2.27. The van der Waals surface area contributed by atoms with Crippen LogP contribution in [0.1, 0.15) is 26.3 Å². The summed E-state index contributed by atoms with van der Waals surface area (Å²) >= 11 is 0. The smallest absolute Gasteiger partial charge is 0.137 e. The molecule has 0 spiro atoms. The van der Waals surface area contributed by atoms with E-state index in [2.05, 4.69) is 158 Å². The Balaban J connectivity index is 1.36. The third kappa shape index (κ3) is 4.22. The molecule has 2 aromatic heterocycles. The number of rotatable bonds is 4. The molecular weight excluding hydrogens is 529 g/mol. The molecule has 6 aromatic rings. The molecule has 4 nitrogen and oxygen atoms in total. The second-order valence-corrected chi connectivity index (χ2v) is 17.6. The Hall–Kier alpha value is -4.35.